The summed E-state index contributed by atoms with van der Waals surface area (Å²) in [6, 6.07) is 61.4. The maximum absolute atomic E-state index is 12.2. The number of carbonyl (C=O) groups excluding carboxylic acids is 1. The van der Waals surface area contributed by atoms with Gasteiger partial charge in [0.25, 0.3) is 0 Å². The molecule has 8 rings (SSSR count). The fraction of sp³-hybridized carbons (Fsp3) is 0.0741. The summed E-state index contributed by atoms with van der Waals surface area (Å²) in [7, 11) is 0. The molecule has 1 N–H and O–H groups in total. The zero-order chi connectivity index (χ0) is 43.3. The molecular formula is C54H42Cl2O6. The van der Waals surface area contributed by atoms with Crippen LogP contribution in [0, 0.1) is 0 Å². The molecule has 0 heterocycles. The number of rotatable bonds is 13. The minimum absolute atomic E-state index is 0.244. The van der Waals surface area contributed by atoms with Crippen LogP contribution in [0.4, 0.5) is 0 Å². The van der Waals surface area contributed by atoms with Crippen LogP contribution in [0.2, 0.25) is 10.0 Å². The molecule has 0 aliphatic carbocycles. The van der Waals surface area contributed by atoms with Crippen molar-refractivity contribution >= 4 is 35.1 Å². The topological polar surface area (TPSA) is 82.1 Å². The van der Waals surface area contributed by atoms with E-state index in [0.29, 0.717) is 41.2 Å². The third-order valence-electron chi connectivity index (χ3n) is 9.90. The third kappa shape index (κ3) is 11.0. The van der Waals surface area contributed by atoms with Gasteiger partial charge in [0.05, 0.1) is 17.7 Å². The van der Waals surface area contributed by atoms with Gasteiger partial charge in [-0.05, 0) is 112 Å². The summed E-state index contributed by atoms with van der Waals surface area (Å²) in [5.41, 5.74) is 10.2. The smallest absolute Gasteiger partial charge is 0.338 e. The van der Waals surface area contributed by atoms with Gasteiger partial charge < -0.3 is 19.3 Å². The second kappa shape index (κ2) is 20.9. The van der Waals surface area contributed by atoms with E-state index < -0.39 is 5.97 Å². The largest absolute Gasteiger partial charge is 0.488 e. The van der Waals surface area contributed by atoms with Crippen molar-refractivity contribution in [3.05, 3.63) is 226 Å². The van der Waals surface area contributed by atoms with Crippen LogP contribution >= 0.6 is 23.2 Å². The minimum atomic E-state index is -0.955. The standard InChI is InChI=1S/C28H23ClO3.C26H19ClO3/c1-2-31-28(30)22-12-8-11-21(17-22)24-13-6-7-14-25(24)26-18-23(29)15-16-27(26)32-19-20-9-4-3-5-10-20;27-21-13-14-25(30-17-18-7-2-1-3-8-18)24(16-21)23-12-5-4-11-22(23)19-9-6-10-20(15-19)26(28)29/h3-18H,2,19H2,1H3;1-16H,17H2,(H,28,29). The Morgan fingerprint density at radius 1 is 0.452 bits per heavy atom. The monoisotopic (exact) mass is 856 g/mol. The predicted octanol–water partition coefficient (Wildman–Crippen LogP) is 14.4. The zero-order valence-corrected chi connectivity index (χ0v) is 35.4. The Bertz CT molecular complexity index is 2790. The van der Waals surface area contributed by atoms with Crippen molar-refractivity contribution in [2.45, 2.75) is 20.1 Å². The average Bonchev–Trinajstić information content (AvgIpc) is 3.31. The van der Waals surface area contributed by atoms with Crippen LogP contribution in [0.15, 0.2) is 194 Å². The van der Waals surface area contributed by atoms with Crippen molar-refractivity contribution < 1.29 is 28.9 Å². The van der Waals surface area contributed by atoms with Gasteiger partial charge in [-0.1, -0.05) is 157 Å². The summed E-state index contributed by atoms with van der Waals surface area (Å²) in [6.45, 7) is 3.03. The lowest BCUT2D eigenvalue weighted by molar-refractivity contribution is 0.0525. The molecule has 0 aliphatic heterocycles. The second-order valence-electron chi connectivity index (χ2n) is 14.1. The number of carboxylic acid groups (broad SMARTS) is 1. The molecular weight excluding hydrogens is 815 g/mol. The van der Waals surface area contributed by atoms with E-state index in [2.05, 4.69) is 0 Å². The number of esters is 1. The number of carbonyl (C=O) groups is 2. The molecule has 0 unspecified atom stereocenters. The number of aromatic carboxylic acids is 1. The first-order valence-electron chi connectivity index (χ1n) is 20.0. The first kappa shape index (κ1) is 43.0. The van der Waals surface area contributed by atoms with Crippen molar-refractivity contribution in [3.63, 3.8) is 0 Å². The summed E-state index contributed by atoms with van der Waals surface area (Å²) in [5, 5.41) is 10.6. The molecule has 0 aromatic heterocycles. The van der Waals surface area contributed by atoms with Crippen LogP contribution in [0.5, 0.6) is 11.5 Å². The molecule has 8 aromatic carbocycles. The molecule has 0 aliphatic rings. The van der Waals surface area contributed by atoms with Crippen molar-refractivity contribution in [2.75, 3.05) is 6.61 Å². The highest BCUT2D eigenvalue weighted by Crippen LogP contribution is 2.41. The average molecular weight is 858 g/mol. The summed E-state index contributed by atoms with van der Waals surface area (Å²) in [6.07, 6.45) is 0. The maximum Gasteiger partial charge on any atom is 0.338 e. The summed E-state index contributed by atoms with van der Waals surface area (Å²) in [4.78, 5) is 23.7. The first-order chi connectivity index (χ1) is 30.3. The van der Waals surface area contributed by atoms with Crippen molar-refractivity contribution in [1.29, 1.82) is 0 Å². The fourth-order valence-electron chi connectivity index (χ4n) is 6.94. The highest BCUT2D eigenvalue weighted by atomic mass is 35.5. The van der Waals surface area contributed by atoms with Gasteiger partial charge in [-0.3, -0.25) is 0 Å². The van der Waals surface area contributed by atoms with Crippen LogP contribution in [0.25, 0.3) is 44.5 Å². The lowest BCUT2D eigenvalue weighted by Crippen LogP contribution is -2.04. The highest BCUT2D eigenvalue weighted by Gasteiger charge is 2.17. The molecule has 0 radical (unpaired) electrons. The lowest BCUT2D eigenvalue weighted by atomic mass is 9.93. The van der Waals surface area contributed by atoms with E-state index in [4.69, 9.17) is 37.4 Å². The molecule has 0 atom stereocenters. The maximum atomic E-state index is 12.2. The van der Waals surface area contributed by atoms with E-state index >= 15 is 0 Å². The van der Waals surface area contributed by atoms with Crippen LogP contribution < -0.4 is 9.47 Å². The molecule has 0 spiro atoms. The van der Waals surface area contributed by atoms with Crippen molar-refractivity contribution in [2.24, 2.45) is 0 Å². The first-order valence-corrected chi connectivity index (χ1v) is 20.8. The van der Waals surface area contributed by atoms with Crippen LogP contribution in [-0.2, 0) is 18.0 Å². The number of halogens is 2. The van der Waals surface area contributed by atoms with Gasteiger partial charge in [0, 0.05) is 21.2 Å². The van der Waals surface area contributed by atoms with E-state index in [9.17, 15) is 14.7 Å². The normalized spacial score (nSPS) is 10.6. The van der Waals surface area contributed by atoms with Gasteiger partial charge in [-0.2, -0.15) is 0 Å². The Balaban J connectivity index is 0.000000187. The zero-order valence-electron chi connectivity index (χ0n) is 33.8. The molecule has 6 nitrogen and oxygen atoms in total. The molecule has 0 amide bonds. The van der Waals surface area contributed by atoms with E-state index in [0.717, 1.165) is 61.4 Å². The lowest BCUT2D eigenvalue weighted by Gasteiger charge is -2.16. The van der Waals surface area contributed by atoms with Gasteiger partial charge in [-0.25, -0.2) is 9.59 Å². The highest BCUT2D eigenvalue weighted by molar-refractivity contribution is 6.31. The molecule has 0 bridgehead atoms. The van der Waals surface area contributed by atoms with Crippen molar-refractivity contribution in [3.8, 4) is 56.0 Å². The van der Waals surface area contributed by atoms with E-state index in [1.54, 1.807) is 37.3 Å². The van der Waals surface area contributed by atoms with E-state index in [1.165, 1.54) is 0 Å². The number of hydrogen-bond donors (Lipinski definition) is 1. The van der Waals surface area contributed by atoms with Crippen LogP contribution in [0.1, 0.15) is 38.8 Å². The Morgan fingerprint density at radius 2 is 0.871 bits per heavy atom. The number of benzene rings is 8. The summed E-state index contributed by atoms with van der Waals surface area (Å²) >= 11 is 12.7. The quantitative estimate of drug-likeness (QED) is 0.116. The summed E-state index contributed by atoms with van der Waals surface area (Å²) < 4.78 is 17.5. The number of ether oxygens (including phenoxy) is 3. The fourth-order valence-corrected chi connectivity index (χ4v) is 7.28. The van der Waals surface area contributed by atoms with Gasteiger partial charge in [0.15, 0.2) is 0 Å². The molecule has 62 heavy (non-hydrogen) atoms. The Labute approximate surface area is 371 Å². The van der Waals surface area contributed by atoms with Gasteiger partial charge in [0.1, 0.15) is 24.7 Å². The van der Waals surface area contributed by atoms with E-state index in [-0.39, 0.29) is 11.5 Å². The SMILES string of the molecule is CCOC(=O)c1cccc(-c2ccccc2-c2cc(Cl)ccc2OCc2ccccc2)c1.O=C(O)c1cccc(-c2ccccc2-c2cc(Cl)ccc2OCc2ccccc2)c1. The molecule has 0 saturated carbocycles. The van der Waals surface area contributed by atoms with Gasteiger partial charge in [-0.15, -0.1) is 0 Å². The van der Waals surface area contributed by atoms with E-state index in [1.807, 2.05) is 164 Å². The molecule has 8 heteroatoms. The second-order valence-corrected chi connectivity index (χ2v) is 15.0. The number of hydrogen-bond acceptors (Lipinski definition) is 5. The van der Waals surface area contributed by atoms with Gasteiger partial charge in [0.2, 0.25) is 0 Å². The predicted molar refractivity (Wildman–Crippen MR) is 249 cm³/mol. The molecule has 8 aromatic rings. The number of carboxylic acids is 1. The minimum Gasteiger partial charge on any atom is -0.488 e. The van der Waals surface area contributed by atoms with Crippen LogP contribution in [0.3, 0.4) is 0 Å². The molecule has 308 valence electrons. The Kier molecular flexibility index (Phi) is 14.5. The van der Waals surface area contributed by atoms with Gasteiger partial charge >= 0.3 is 11.9 Å². The van der Waals surface area contributed by atoms with Crippen molar-refractivity contribution in [1.82, 2.24) is 0 Å². The molecule has 0 saturated heterocycles. The Morgan fingerprint density at radius 3 is 1.32 bits per heavy atom. The molecule has 0 fully saturated rings. The third-order valence-corrected chi connectivity index (χ3v) is 10.4. The Hall–Kier alpha value is -7.12. The van der Waals surface area contributed by atoms with Crippen LogP contribution in [-0.4, -0.2) is 23.7 Å². The summed E-state index contributed by atoms with van der Waals surface area (Å²) in [5.74, 6) is 0.169.